The minimum atomic E-state index is -0.409. The number of amides is 1. The number of nitrogens with zero attached hydrogens (tertiary/aromatic N) is 4. The zero-order valence-electron chi connectivity index (χ0n) is 14.1. The van der Waals surface area contributed by atoms with Crippen LogP contribution < -0.4 is 5.32 Å². The molecule has 1 saturated heterocycles. The molecule has 1 unspecified atom stereocenters. The van der Waals surface area contributed by atoms with E-state index in [1.165, 1.54) is 0 Å². The second-order valence-electron chi connectivity index (χ2n) is 5.80. The highest BCUT2D eigenvalue weighted by Crippen LogP contribution is 2.13. The SMILES string of the molecule is CCN1CCOC(C(=O)NCc2cccnc2-n2ccnc2C)C1. The zero-order valence-corrected chi connectivity index (χ0v) is 14.1. The number of rotatable bonds is 5. The van der Waals surface area contributed by atoms with Gasteiger partial charge in [0.2, 0.25) is 0 Å². The van der Waals surface area contributed by atoms with Crippen molar-refractivity contribution in [3.05, 3.63) is 42.1 Å². The predicted octanol–water partition coefficient (Wildman–Crippen LogP) is 0.913. The molecule has 3 rings (SSSR count). The molecule has 2 aromatic rings. The number of carbonyl (C=O) groups is 1. The van der Waals surface area contributed by atoms with Crippen LogP contribution in [0.15, 0.2) is 30.7 Å². The average Bonchev–Trinajstić information content (AvgIpc) is 3.05. The number of aromatic nitrogens is 3. The van der Waals surface area contributed by atoms with E-state index in [1.807, 2.05) is 29.8 Å². The monoisotopic (exact) mass is 329 g/mol. The molecule has 24 heavy (non-hydrogen) atoms. The fourth-order valence-electron chi connectivity index (χ4n) is 2.83. The molecule has 1 N–H and O–H groups in total. The van der Waals surface area contributed by atoms with E-state index < -0.39 is 6.10 Å². The third-order valence-electron chi connectivity index (χ3n) is 4.26. The molecule has 0 aliphatic carbocycles. The number of hydrogen-bond donors (Lipinski definition) is 1. The van der Waals surface area contributed by atoms with Crippen LogP contribution in [-0.4, -0.2) is 57.7 Å². The van der Waals surface area contributed by atoms with Crippen LogP contribution in [0, 0.1) is 6.92 Å². The quantitative estimate of drug-likeness (QED) is 0.883. The molecule has 0 bridgehead atoms. The summed E-state index contributed by atoms with van der Waals surface area (Å²) in [6.07, 6.45) is 4.94. The smallest absolute Gasteiger partial charge is 0.250 e. The Morgan fingerprint density at radius 2 is 2.29 bits per heavy atom. The number of pyridine rings is 1. The summed E-state index contributed by atoms with van der Waals surface area (Å²) in [5.41, 5.74) is 0.940. The van der Waals surface area contributed by atoms with E-state index in [1.54, 1.807) is 12.4 Å². The Hall–Kier alpha value is -2.25. The van der Waals surface area contributed by atoms with Gasteiger partial charge < -0.3 is 10.1 Å². The summed E-state index contributed by atoms with van der Waals surface area (Å²) in [6, 6.07) is 3.83. The molecule has 7 nitrogen and oxygen atoms in total. The van der Waals surface area contributed by atoms with Crippen molar-refractivity contribution in [2.24, 2.45) is 0 Å². The maximum Gasteiger partial charge on any atom is 0.250 e. The molecule has 1 fully saturated rings. The van der Waals surface area contributed by atoms with Gasteiger partial charge in [-0.25, -0.2) is 9.97 Å². The zero-order chi connectivity index (χ0) is 16.9. The summed E-state index contributed by atoms with van der Waals surface area (Å²) in [6.45, 7) is 7.47. The van der Waals surface area contributed by atoms with Crippen LogP contribution >= 0.6 is 0 Å². The van der Waals surface area contributed by atoms with Crippen molar-refractivity contribution in [3.63, 3.8) is 0 Å². The fourth-order valence-corrected chi connectivity index (χ4v) is 2.83. The van der Waals surface area contributed by atoms with Gasteiger partial charge in [0.1, 0.15) is 17.7 Å². The lowest BCUT2D eigenvalue weighted by molar-refractivity contribution is -0.138. The number of ether oxygens (including phenoxy) is 1. The molecule has 7 heteroatoms. The van der Waals surface area contributed by atoms with Crippen molar-refractivity contribution in [1.29, 1.82) is 0 Å². The Labute approximate surface area is 141 Å². The standard InChI is InChI=1S/C17H23N5O2/c1-3-21-9-10-24-15(12-21)17(23)20-11-14-5-4-6-19-16(14)22-8-7-18-13(22)2/h4-8,15H,3,9-12H2,1-2H3,(H,20,23). The van der Waals surface area contributed by atoms with Crippen LogP contribution in [0.1, 0.15) is 18.3 Å². The number of nitrogens with one attached hydrogen (secondary N) is 1. The highest BCUT2D eigenvalue weighted by atomic mass is 16.5. The van der Waals surface area contributed by atoms with Crippen molar-refractivity contribution in [2.45, 2.75) is 26.5 Å². The highest BCUT2D eigenvalue weighted by molar-refractivity contribution is 5.81. The lowest BCUT2D eigenvalue weighted by Gasteiger charge is -2.31. The minimum Gasteiger partial charge on any atom is -0.366 e. The largest absolute Gasteiger partial charge is 0.366 e. The van der Waals surface area contributed by atoms with Gasteiger partial charge in [0.25, 0.3) is 5.91 Å². The minimum absolute atomic E-state index is 0.0784. The molecule has 3 heterocycles. The topological polar surface area (TPSA) is 72.3 Å². The Morgan fingerprint density at radius 3 is 3.04 bits per heavy atom. The van der Waals surface area contributed by atoms with Crippen LogP contribution in [0.4, 0.5) is 0 Å². The number of likely N-dealkylation sites (N-methyl/N-ethyl adjacent to an activating group) is 1. The Kier molecular flexibility index (Phi) is 5.22. The lowest BCUT2D eigenvalue weighted by Crippen LogP contribution is -2.49. The van der Waals surface area contributed by atoms with Gasteiger partial charge in [-0.05, 0) is 19.5 Å². The molecule has 1 aliphatic heterocycles. The van der Waals surface area contributed by atoms with Gasteiger partial charge in [-0.2, -0.15) is 0 Å². The Morgan fingerprint density at radius 1 is 1.42 bits per heavy atom. The van der Waals surface area contributed by atoms with Crippen molar-refractivity contribution in [3.8, 4) is 5.82 Å². The first kappa shape index (κ1) is 16.6. The molecule has 128 valence electrons. The first-order chi connectivity index (χ1) is 11.7. The number of hydrogen-bond acceptors (Lipinski definition) is 5. The van der Waals surface area contributed by atoms with Crippen LogP contribution in [0.5, 0.6) is 0 Å². The summed E-state index contributed by atoms with van der Waals surface area (Å²) < 4.78 is 7.51. The van der Waals surface area contributed by atoms with E-state index in [4.69, 9.17) is 4.74 Å². The highest BCUT2D eigenvalue weighted by Gasteiger charge is 2.25. The van der Waals surface area contributed by atoms with Gasteiger partial charge in [0.15, 0.2) is 0 Å². The van der Waals surface area contributed by atoms with Gasteiger partial charge in [0, 0.05) is 43.8 Å². The van der Waals surface area contributed by atoms with Gasteiger partial charge in [-0.1, -0.05) is 13.0 Å². The van der Waals surface area contributed by atoms with E-state index in [9.17, 15) is 4.79 Å². The van der Waals surface area contributed by atoms with E-state index in [-0.39, 0.29) is 5.91 Å². The molecule has 1 aliphatic rings. The average molecular weight is 329 g/mol. The van der Waals surface area contributed by atoms with E-state index in [0.717, 1.165) is 30.3 Å². The van der Waals surface area contributed by atoms with E-state index >= 15 is 0 Å². The summed E-state index contributed by atoms with van der Waals surface area (Å²) in [4.78, 5) is 23.3. The van der Waals surface area contributed by atoms with Crippen LogP contribution in [0.25, 0.3) is 5.82 Å². The predicted molar refractivity (Wildman–Crippen MR) is 89.8 cm³/mol. The van der Waals surface area contributed by atoms with Crippen LogP contribution in [0.3, 0.4) is 0 Å². The number of imidazole rings is 1. The van der Waals surface area contributed by atoms with Crippen molar-refractivity contribution in [2.75, 3.05) is 26.2 Å². The first-order valence-corrected chi connectivity index (χ1v) is 8.25. The summed E-state index contributed by atoms with van der Waals surface area (Å²) in [5.74, 6) is 1.56. The molecule has 0 spiro atoms. The molecule has 1 amide bonds. The maximum atomic E-state index is 12.4. The number of morpholine rings is 1. The first-order valence-electron chi connectivity index (χ1n) is 8.25. The van der Waals surface area contributed by atoms with E-state index in [2.05, 4.69) is 27.1 Å². The second-order valence-corrected chi connectivity index (χ2v) is 5.80. The van der Waals surface area contributed by atoms with Crippen molar-refractivity contribution < 1.29 is 9.53 Å². The summed E-state index contributed by atoms with van der Waals surface area (Å²) in [7, 11) is 0. The number of aryl methyl sites for hydroxylation is 1. The summed E-state index contributed by atoms with van der Waals surface area (Å²) in [5, 5.41) is 2.97. The molecular weight excluding hydrogens is 306 g/mol. The van der Waals surface area contributed by atoms with Crippen LogP contribution in [-0.2, 0) is 16.1 Å². The van der Waals surface area contributed by atoms with Gasteiger partial charge in [-0.3, -0.25) is 14.3 Å². The third-order valence-corrected chi connectivity index (χ3v) is 4.26. The number of carbonyl (C=O) groups excluding carboxylic acids is 1. The lowest BCUT2D eigenvalue weighted by atomic mass is 10.2. The van der Waals surface area contributed by atoms with Gasteiger partial charge >= 0.3 is 0 Å². The third kappa shape index (κ3) is 3.63. The fraction of sp³-hybridized carbons (Fsp3) is 0.471. The van der Waals surface area contributed by atoms with Gasteiger partial charge in [-0.15, -0.1) is 0 Å². The van der Waals surface area contributed by atoms with Crippen molar-refractivity contribution in [1.82, 2.24) is 24.8 Å². The Balaban J connectivity index is 1.67. The molecule has 0 aromatic carbocycles. The normalized spacial score (nSPS) is 18.5. The molecule has 1 atom stereocenters. The molecule has 0 radical (unpaired) electrons. The second kappa shape index (κ2) is 7.55. The summed E-state index contributed by atoms with van der Waals surface area (Å²) >= 11 is 0. The molecular formula is C17H23N5O2. The van der Waals surface area contributed by atoms with Crippen LogP contribution in [0.2, 0.25) is 0 Å². The van der Waals surface area contributed by atoms with Gasteiger partial charge in [0.05, 0.1) is 6.61 Å². The van der Waals surface area contributed by atoms with E-state index in [0.29, 0.717) is 19.7 Å². The van der Waals surface area contributed by atoms with Crippen molar-refractivity contribution >= 4 is 5.91 Å². The molecule has 2 aromatic heterocycles. The molecule has 0 saturated carbocycles. The Bertz CT molecular complexity index is 700. The maximum absolute atomic E-state index is 12.4.